The zero-order chi connectivity index (χ0) is 15.0. The lowest BCUT2D eigenvalue weighted by Crippen LogP contribution is -2.30. The monoisotopic (exact) mass is 281 g/mol. The Labute approximate surface area is 127 Å². The predicted octanol–water partition coefficient (Wildman–Crippen LogP) is 4.26. The molecule has 0 aromatic heterocycles. The van der Waals surface area contributed by atoms with Gasteiger partial charge in [-0.25, -0.2) is 0 Å². The van der Waals surface area contributed by atoms with E-state index in [2.05, 4.69) is 49.6 Å². The van der Waals surface area contributed by atoms with Crippen LogP contribution in [0.2, 0.25) is 0 Å². The zero-order valence-corrected chi connectivity index (χ0v) is 12.9. The van der Waals surface area contributed by atoms with Crippen LogP contribution < -0.4 is 0 Å². The maximum absolute atomic E-state index is 12.5. The third-order valence-corrected chi connectivity index (χ3v) is 4.60. The highest BCUT2D eigenvalue weighted by atomic mass is 16.1. The summed E-state index contributed by atoms with van der Waals surface area (Å²) in [7, 11) is 0. The van der Waals surface area contributed by atoms with Crippen LogP contribution in [0.1, 0.15) is 44.7 Å². The fourth-order valence-electron chi connectivity index (χ4n) is 3.67. The topological polar surface area (TPSA) is 20.3 Å². The van der Waals surface area contributed by atoms with Crippen LogP contribution in [0.4, 0.5) is 0 Å². The summed E-state index contributed by atoms with van der Waals surface area (Å²) >= 11 is 0. The Balaban J connectivity index is 1.98. The minimum Gasteiger partial charge on any atom is -0.363 e. The Kier molecular flexibility index (Phi) is 3.48. The normalized spacial score (nSPS) is 24.2. The van der Waals surface area contributed by atoms with Crippen LogP contribution in [0.5, 0.6) is 0 Å². The number of rotatable bonds is 3. The summed E-state index contributed by atoms with van der Waals surface area (Å²) in [6.07, 6.45) is 4.46. The predicted molar refractivity (Wildman–Crippen MR) is 85.8 cm³/mol. The highest BCUT2D eigenvalue weighted by Crippen LogP contribution is 2.48. The van der Waals surface area contributed by atoms with Crippen molar-refractivity contribution in [1.29, 1.82) is 0 Å². The molecular weight excluding hydrogens is 258 g/mol. The molecule has 1 heterocycles. The first-order valence-corrected chi connectivity index (χ1v) is 7.69. The van der Waals surface area contributed by atoms with Gasteiger partial charge in [-0.1, -0.05) is 50.3 Å². The molecule has 0 N–H and O–H groups in total. The summed E-state index contributed by atoms with van der Waals surface area (Å²) in [4.78, 5) is 14.9. The molecule has 0 fully saturated rings. The van der Waals surface area contributed by atoms with Crippen molar-refractivity contribution in [2.75, 3.05) is 6.54 Å². The fraction of sp³-hybridized carbons (Fsp3) is 0.421. The number of ketones is 1. The average Bonchev–Trinajstić information content (AvgIpc) is 2.78. The summed E-state index contributed by atoms with van der Waals surface area (Å²) < 4.78 is 0. The number of benzene rings is 1. The Hall–Kier alpha value is -1.83. The first-order chi connectivity index (χ1) is 10.0. The van der Waals surface area contributed by atoms with Crippen LogP contribution >= 0.6 is 0 Å². The van der Waals surface area contributed by atoms with E-state index in [-0.39, 0.29) is 11.5 Å². The van der Waals surface area contributed by atoms with Gasteiger partial charge in [0.2, 0.25) is 0 Å². The van der Waals surface area contributed by atoms with Crippen LogP contribution in [0.3, 0.4) is 0 Å². The molecule has 1 aliphatic heterocycles. The minimum absolute atomic E-state index is 0.0704. The van der Waals surface area contributed by atoms with Crippen LogP contribution in [0.15, 0.2) is 54.3 Å². The van der Waals surface area contributed by atoms with E-state index in [0.717, 1.165) is 25.0 Å². The third kappa shape index (κ3) is 2.55. The van der Waals surface area contributed by atoms with Gasteiger partial charge in [0.05, 0.1) is 6.04 Å². The van der Waals surface area contributed by atoms with Crippen LogP contribution in [0, 0.1) is 5.41 Å². The van der Waals surface area contributed by atoms with Crippen molar-refractivity contribution in [1.82, 2.24) is 4.90 Å². The first kappa shape index (κ1) is 14.1. The number of carbonyl (C=O) groups is 1. The number of nitrogens with zero attached hydrogens (tertiary/aromatic N) is 1. The smallest absolute Gasteiger partial charge is 0.161 e. The molecule has 110 valence electrons. The molecule has 0 saturated heterocycles. The second-order valence-corrected chi connectivity index (χ2v) is 6.94. The average molecular weight is 281 g/mol. The number of hydrogen-bond acceptors (Lipinski definition) is 2. The molecule has 1 aromatic rings. The Morgan fingerprint density at radius 1 is 1.29 bits per heavy atom. The summed E-state index contributed by atoms with van der Waals surface area (Å²) in [5.74, 6) is 0.341. The third-order valence-electron chi connectivity index (χ3n) is 4.60. The Bertz CT molecular complexity index is 597. The second-order valence-electron chi connectivity index (χ2n) is 6.94. The molecule has 0 spiro atoms. The molecule has 3 rings (SSSR count). The van der Waals surface area contributed by atoms with Crippen molar-refractivity contribution in [2.24, 2.45) is 5.41 Å². The maximum atomic E-state index is 12.5. The van der Waals surface area contributed by atoms with E-state index in [1.807, 2.05) is 12.1 Å². The molecular formula is C19H23NO. The SMILES string of the molecule is C=CCN1C2=C(CC1c1ccccc1)C(=O)CC(C)(C)C2. The minimum atomic E-state index is 0.0704. The van der Waals surface area contributed by atoms with Crippen molar-refractivity contribution >= 4 is 5.78 Å². The van der Waals surface area contributed by atoms with Crippen molar-refractivity contribution in [3.8, 4) is 0 Å². The van der Waals surface area contributed by atoms with Crippen LogP contribution in [0.25, 0.3) is 0 Å². The van der Waals surface area contributed by atoms with Crippen molar-refractivity contribution in [3.63, 3.8) is 0 Å². The molecule has 0 saturated carbocycles. The van der Waals surface area contributed by atoms with Gasteiger partial charge in [-0.2, -0.15) is 0 Å². The van der Waals surface area contributed by atoms with Gasteiger partial charge in [0.1, 0.15) is 0 Å². The molecule has 1 unspecified atom stereocenters. The van der Waals surface area contributed by atoms with E-state index in [0.29, 0.717) is 12.2 Å². The molecule has 2 heteroatoms. The van der Waals surface area contributed by atoms with Gasteiger partial charge in [-0.05, 0) is 17.4 Å². The highest BCUT2D eigenvalue weighted by molar-refractivity contribution is 5.98. The van der Waals surface area contributed by atoms with Crippen molar-refractivity contribution in [3.05, 3.63) is 59.8 Å². The van der Waals surface area contributed by atoms with E-state index < -0.39 is 0 Å². The second kappa shape index (κ2) is 5.18. The van der Waals surface area contributed by atoms with E-state index in [9.17, 15) is 4.79 Å². The quantitative estimate of drug-likeness (QED) is 0.771. The highest BCUT2D eigenvalue weighted by Gasteiger charge is 2.41. The van der Waals surface area contributed by atoms with Gasteiger partial charge in [0.15, 0.2) is 5.78 Å². The molecule has 2 nitrogen and oxygen atoms in total. The van der Waals surface area contributed by atoms with E-state index >= 15 is 0 Å². The number of Topliss-reactive ketones (excluding diaryl/α,β-unsaturated/α-hetero) is 1. The molecule has 1 aromatic carbocycles. The Morgan fingerprint density at radius 3 is 2.67 bits per heavy atom. The number of carbonyl (C=O) groups excluding carboxylic acids is 1. The van der Waals surface area contributed by atoms with Crippen molar-refractivity contribution < 1.29 is 4.79 Å². The van der Waals surface area contributed by atoms with Gasteiger partial charge in [0.25, 0.3) is 0 Å². The van der Waals surface area contributed by atoms with E-state index in [1.165, 1.54) is 11.3 Å². The molecule has 1 aliphatic carbocycles. The molecule has 2 aliphatic rings. The number of hydrogen-bond donors (Lipinski definition) is 0. The lowest BCUT2D eigenvalue weighted by Gasteiger charge is -2.35. The van der Waals surface area contributed by atoms with Gasteiger partial charge in [-0.15, -0.1) is 6.58 Å². The van der Waals surface area contributed by atoms with Gasteiger partial charge in [0, 0.05) is 30.7 Å². The van der Waals surface area contributed by atoms with Gasteiger partial charge in [-0.3, -0.25) is 4.79 Å². The van der Waals surface area contributed by atoms with E-state index in [4.69, 9.17) is 0 Å². The largest absolute Gasteiger partial charge is 0.363 e. The summed E-state index contributed by atoms with van der Waals surface area (Å²) in [5, 5.41) is 0. The molecule has 21 heavy (non-hydrogen) atoms. The summed E-state index contributed by atoms with van der Waals surface area (Å²) in [6, 6.07) is 10.8. The van der Waals surface area contributed by atoms with Crippen LogP contribution in [-0.4, -0.2) is 17.2 Å². The van der Waals surface area contributed by atoms with E-state index in [1.54, 1.807) is 0 Å². The molecule has 0 bridgehead atoms. The summed E-state index contributed by atoms with van der Waals surface area (Å²) in [6.45, 7) is 9.09. The molecule has 0 radical (unpaired) electrons. The molecule has 1 atom stereocenters. The fourth-order valence-corrected chi connectivity index (χ4v) is 3.67. The first-order valence-electron chi connectivity index (χ1n) is 7.69. The maximum Gasteiger partial charge on any atom is 0.161 e. The van der Waals surface area contributed by atoms with Crippen molar-refractivity contribution in [2.45, 2.75) is 39.2 Å². The summed E-state index contributed by atoms with van der Waals surface area (Å²) in [5.41, 5.74) is 3.68. The lowest BCUT2D eigenvalue weighted by molar-refractivity contribution is -0.118. The zero-order valence-electron chi connectivity index (χ0n) is 12.9. The van der Waals surface area contributed by atoms with Gasteiger partial charge < -0.3 is 4.90 Å². The Morgan fingerprint density at radius 2 is 2.00 bits per heavy atom. The van der Waals surface area contributed by atoms with Crippen LogP contribution in [-0.2, 0) is 4.79 Å². The standard InChI is InChI=1S/C19H23NO/c1-4-10-20-16(14-8-6-5-7-9-14)11-15-17(20)12-19(2,3)13-18(15)21/h4-9,16H,1,10-13H2,2-3H3. The number of allylic oxidation sites excluding steroid dienone is 1. The lowest BCUT2D eigenvalue weighted by atomic mass is 9.76. The molecule has 0 amide bonds. The van der Waals surface area contributed by atoms with Gasteiger partial charge >= 0.3 is 0 Å².